The largest absolute Gasteiger partial charge is 0.479 e. The van der Waals surface area contributed by atoms with Gasteiger partial charge in [-0.05, 0) is 30.7 Å². The lowest BCUT2D eigenvalue weighted by Gasteiger charge is -2.25. The van der Waals surface area contributed by atoms with Gasteiger partial charge < -0.3 is 9.84 Å². The molecule has 2 aliphatic rings. The molecule has 0 bridgehead atoms. The highest BCUT2D eigenvalue weighted by Crippen LogP contribution is 2.39. The van der Waals surface area contributed by atoms with Crippen LogP contribution in [0.3, 0.4) is 0 Å². The van der Waals surface area contributed by atoms with E-state index in [0.717, 1.165) is 31.2 Å². The minimum atomic E-state index is -1.57. The number of carboxylic acids is 1. The van der Waals surface area contributed by atoms with Crippen molar-refractivity contribution in [3.8, 4) is 0 Å². The zero-order valence-corrected chi connectivity index (χ0v) is 12.5. The maximum atomic E-state index is 12.5. The maximum absolute atomic E-state index is 12.5. The van der Waals surface area contributed by atoms with Crippen molar-refractivity contribution in [2.45, 2.75) is 50.3 Å². The Labute approximate surface area is 129 Å². The van der Waals surface area contributed by atoms with Gasteiger partial charge in [0.1, 0.15) is 6.61 Å². The fourth-order valence-electron chi connectivity index (χ4n) is 3.64. The first kappa shape index (κ1) is 15.0. The van der Waals surface area contributed by atoms with Crippen LogP contribution in [-0.2, 0) is 20.9 Å². The lowest BCUT2D eigenvalue weighted by Crippen LogP contribution is -2.56. The molecule has 1 heterocycles. The second-order valence-electron chi connectivity index (χ2n) is 6.27. The van der Waals surface area contributed by atoms with Gasteiger partial charge in [0.25, 0.3) is 0 Å². The Morgan fingerprint density at radius 3 is 2.64 bits per heavy atom. The van der Waals surface area contributed by atoms with Crippen LogP contribution < -0.4 is 5.32 Å². The standard InChI is InChI=1S/C17H21NO4/c19-15(20)17(10-13-8-4-5-9-14(13)18-17)16(21)22-11-12-6-2-1-3-7-12/h1-3,6-7,13-14,18H,4-5,8-11H2,(H,19,20)/t13?,14-,17?/m0/s1. The number of rotatable bonds is 4. The van der Waals surface area contributed by atoms with Crippen LogP contribution in [0.4, 0.5) is 0 Å². The van der Waals surface area contributed by atoms with Gasteiger partial charge in [-0.25, -0.2) is 9.59 Å². The van der Waals surface area contributed by atoms with E-state index in [1.165, 1.54) is 0 Å². The number of hydrogen-bond donors (Lipinski definition) is 2. The molecule has 2 unspecified atom stereocenters. The Bertz CT molecular complexity index is 543. The minimum Gasteiger partial charge on any atom is -0.479 e. The van der Waals surface area contributed by atoms with E-state index in [0.29, 0.717) is 6.42 Å². The van der Waals surface area contributed by atoms with Crippen LogP contribution in [0, 0.1) is 5.92 Å². The van der Waals surface area contributed by atoms with Gasteiger partial charge in [0.05, 0.1) is 0 Å². The molecule has 1 saturated carbocycles. The second-order valence-corrected chi connectivity index (χ2v) is 6.27. The van der Waals surface area contributed by atoms with Crippen LogP contribution >= 0.6 is 0 Å². The molecule has 0 spiro atoms. The third kappa shape index (κ3) is 2.73. The van der Waals surface area contributed by atoms with Crippen molar-refractivity contribution in [2.75, 3.05) is 0 Å². The number of carboxylic acid groups (broad SMARTS) is 1. The fourth-order valence-corrected chi connectivity index (χ4v) is 3.64. The fraction of sp³-hybridized carbons (Fsp3) is 0.529. The van der Waals surface area contributed by atoms with Crippen LogP contribution in [0.1, 0.15) is 37.7 Å². The summed E-state index contributed by atoms with van der Waals surface area (Å²) in [7, 11) is 0. The first-order valence-electron chi connectivity index (χ1n) is 7.84. The van der Waals surface area contributed by atoms with Crippen LogP contribution in [0.15, 0.2) is 30.3 Å². The zero-order chi connectivity index (χ0) is 15.6. The summed E-state index contributed by atoms with van der Waals surface area (Å²) in [6.45, 7) is 0.103. The van der Waals surface area contributed by atoms with E-state index < -0.39 is 17.5 Å². The molecule has 0 amide bonds. The molecule has 5 heteroatoms. The van der Waals surface area contributed by atoms with Gasteiger partial charge in [-0.15, -0.1) is 0 Å². The van der Waals surface area contributed by atoms with Crippen LogP contribution in [0.2, 0.25) is 0 Å². The predicted molar refractivity (Wildman–Crippen MR) is 80.1 cm³/mol. The molecule has 3 rings (SSSR count). The van der Waals surface area contributed by atoms with Gasteiger partial charge in [0, 0.05) is 6.04 Å². The number of carbonyl (C=O) groups excluding carboxylic acids is 1. The van der Waals surface area contributed by atoms with Gasteiger partial charge in [-0.3, -0.25) is 5.32 Å². The highest BCUT2D eigenvalue weighted by atomic mass is 16.5. The molecule has 1 aromatic rings. The van der Waals surface area contributed by atoms with Crippen molar-refractivity contribution in [1.82, 2.24) is 5.32 Å². The van der Waals surface area contributed by atoms with E-state index in [2.05, 4.69) is 5.32 Å². The van der Waals surface area contributed by atoms with Crippen molar-refractivity contribution >= 4 is 11.9 Å². The molecule has 0 aromatic heterocycles. The first-order valence-corrected chi connectivity index (χ1v) is 7.84. The number of aliphatic carboxylic acids is 1. The molecule has 2 fully saturated rings. The summed E-state index contributed by atoms with van der Waals surface area (Å²) in [5.74, 6) is -1.53. The monoisotopic (exact) mass is 303 g/mol. The van der Waals surface area contributed by atoms with E-state index in [9.17, 15) is 14.7 Å². The number of fused-ring (bicyclic) bond motifs is 1. The van der Waals surface area contributed by atoms with Gasteiger partial charge in [0.2, 0.25) is 5.54 Å². The SMILES string of the molecule is O=C(O)C1(C(=O)OCc2ccccc2)CC2CCCC[C@@H]2N1. The van der Waals surface area contributed by atoms with Crippen molar-refractivity contribution < 1.29 is 19.4 Å². The van der Waals surface area contributed by atoms with Crippen LogP contribution in [0.5, 0.6) is 0 Å². The summed E-state index contributed by atoms with van der Waals surface area (Å²) in [6.07, 6.45) is 4.45. The summed E-state index contributed by atoms with van der Waals surface area (Å²) < 4.78 is 5.30. The van der Waals surface area contributed by atoms with Gasteiger partial charge in [-0.1, -0.05) is 43.2 Å². The molecule has 5 nitrogen and oxygen atoms in total. The predicted octanol–water partition coefficient (Wildman–Crippen LogP) is 2.11. The molecule has 0 radical (unpaired) electrons. The molecule has 1 aliphatic heterocycles. The summed E-state index contributed by atoms with van der Waals surface area (Å²) in [5, 5.41) is 12.7. The normalized spacial score (nSPS) is 30.5. The average Bonchev–Trinajstić information content (AvgIpc) is 2.94. The molecular weight excluding hydrogens is 282 g/mol. The molecule has 2 N–H and O–H groups in total. The quantitative estimate of drug-likeness (QED) is 0.658. The summed E-state index contributed by atoms with van der Waals surface area (Å²) >= 11 is 0. The molecule has 22 heavy (non-hydrogen) atoms. The Morgan fingerprint density at radius 2 is 1.95 bits per heavy atom. The molecule has 1 saturated heterocycles. The van der Waals surface area contributed by atoms with Crippen molar-refractivity contribution in [3.63, 3.8) is 0 Å². The van der Waals surface area contributed by atoms with Crippen LogP contribution in [0.25, 0.3) is 0 Å². The van der Waals surface area contributed by atoms with Crippen molar-refractivity contribution in [1.29, 1.82) is 0 Å². The molecular formula is C17H21NO4. The Kier molecular flexibility index (Phi) is 4.16. The molecule has 3 atom stereocenters. The average molecular weight is 303 g/mol. The topological polar surface area (TPSA) is 75.6 Å². The van der Waals surface area contributed by atoms with Gasteiger partial charge >= 0.3 is 11.9 Å². The number of carbonyl (C=O) groups is 2. The number of esters is 1. The van der Waals surface area contributed by atoms with Crippen molar-refractivity contribution in [2.24, 2.45) is 5.92 Å². The minimum absolute atomic E-state index is 0.103. The first-order chi connectivity index (χ1) is 10.6. The third-order valence-corrected chi connectivity index (χ3v) is 4.84. The lowest BCUT2D eigenvalue weighted by atomic mass is 9.83. The Morgan fingerprint density at radius 1 is 1.23 bits per heavy atom. The maximum Gasteiger partial charge on any atom is 0.338 e. The van der Waals surface area contributed by atoms with Crippen molar-refractivity contribution in [3.05, 3.63) is 35.9 Å². The summed E-state index contributed by atoms with van der Waals surface area (Å²) in [6, 6.07) is 9.42. The number of ether oxygens (including phenoxy) is 1. The van der Waals surface area contributed by atoms with E-state index in [-0.39, 0.29) is 18.6 Å². The lowest BCUT2D eigenvalue weighted by molar-refractivity contribution is -0.163. The van der Waals surface area contributed by atoms with E-state index in [1.54, 1.807) is 0 Å². The van der Waals surface area contributed by atoms with Gasteiger partial charge in [-0.2, -0.15) is 0 Å². The van der Waals surface area contributed by atoms with E-state index in [4.69, 9.17) is 4.74 Å². The van der Waals surface area contributed by atoms with E-state index >= 15 is 0 Å². The molecule has 1 aliphatic carbocycles. The van der Waals surface area contributed by atoms with E-state index in [1.807, 2.05) is 30.3 Å². The second kappa shape index (κ2) is 6.08. The molecule has 1 aromatic carbocycles. The zero-order valence-electron chi connectivity index (χ0n) is 12.5. The number of nitrogens with one attached hydrogen (secondary N) is 1. The van der Waals surface area contributed by atoms with Crippen LogP contribution in [-0.4, -0.2) is 28.6 Å². The smallest absolute Gasteiger partial charge is 0.338 e. The van der Waals surface area contributed by atoms with Gasteiger partial charge in [0.15, 0.2) is 0 Å². The summed E-state index contributed by atoms with van der Waals surface area (Å²) in [5.41, 5.74) is -0.721. The third-order valence-electron chi connectivity index (χ3n) is 4.84. The Hall–Kier alpha value is -1.88. The highest BCUT2D eigenvalue weighted by molar-refractivity contribution is 6.04. The summed E-state index contributed by atoms with van der Waals surface area (Å²) in [4.78, 5) is 24.2. The molecule has 118 valence electrons. The highest BCUT2D eigenvalue weighted by Gasteiger charge is 2.56. The Balaban J connectivity index is 1.71. The number of benzene rings is 1. The number of hydrogen-bond acceptors (Lipinski definition) is 4.